The van der Waals surface area contributed by atoms with Crippen molar-refractivity contribution < 1.29 is 14.3 Å². The first-order valence-corrected chi connectivity index (χ1v) is 6.92. The van der Waals surface area contributed by atoms with Crippen LogP contribution in [0.25, 0.3) is 0 Å². The number of hydrogen-bond donors (Lipinski definition) is 1. The number of aryl methyl sites for hydroxylation is 3. The lowest BCUT2D eigenvalue weighted by molar-refractivity contribution is -0.119. The summed E-state index contributed by atoms with van der Waals surface area (Å²) in [5.41, 5.74) is 3.85. The number of aromatic nitrogens is 1. The van der Waals surface area contributed by atoms with Crippen LogP contribution in [0.15, 0.2) is 36.5 Å². The Bertz CT molecular complexity index is 694. The van der Waals surface area contributed by atoms with Gasteiger partial charge in [-0.05, 0) is 50.1 Å². The van der Waals surface area contributed by atoms with Gasteiger partial charge in [0.05, 0.1) is 5.56 Å². The van der Waals surface area contributed by atoms with Crippen LogP contribution in [0.2, 0.25) is 0 Å². The second kappa shape index (κ2) is 6.85. The Kier molecular flexibility index (Phi) is 4.88. The molecule has 0 radical (unpaired) electrons. The average Bonchev–Trinajstić information content (AvgIpc) is 2.49. The normalized spacial score (nSPS) is 10.1. The average molecular weight is 298 g/mol. The van der Waals surface area contributed by atoms with Gasteiger partial charge in [0, 0.05) is 17.6 Å². The van der Waals surface area contributed by atoms with E-state index in [0.29, 0.717) is 5.56 Å². The van der Waals surface area contributed by atoms with Gasteiger partial charge >= 0.3 is 5.97 Å². The summed E-state index contributed by atoms with van der Waals surface area (Å²) in [6.45, 7) is 5.34. The molecule has 0 saturated carbocycles. The van der Waals surface area contributed by atoms with Crippen molar-refractivity contribution in [2.75, 3.05) is 11.9 Å². The molecule has 0 saturated heterocycles. The van der Waals surface area contributed by atoms with Crippen LogP contribution in [-0.2, 0) is 9.53 Å². The third kappa shape index (κ3) is 4.15. The number of anilines is 1. The number of pyridine rings is 1. The van der Waals surface area contributed by atoms with E-state index in [0.717, 1.165) is 22.5 Å². The zero-order chi connectivity index (χ0) is 16.1. The van der Waals surface area contributed by atoms with E-state index in [4.69, 9.17) is 4.74 Å². The molecule has 22 heavy (non-hydrogen) atoms. The summed E-state index contributed by atoms with van der Waals surface area (Å²) in [6, 6.07) is 9.10. The molecule has 0 fully saturated rings. The van der Waals surface area contributed by atoms with E-state index in [9.17, 15) is 9.59 Å². The number of nitrogens with one attached hydrogen (secondary N) is 1. The lowest BCUT2D eigenvalue weighted by atomic mass is 10.1. The van der Waals surface area contributed by atoms with E-state index < -0.39 is 5.97 Å². The van der Waals surface area contributed by atoms with Crippen molar-refractivity contribution in [3.63, 3.8) is 0 Å². The SMILES string of the molecule is Cc1ccc(C)c(NC(=O)COC(=O)c2ccc(C)nc2)c1. The number of hydrogen-bond acceptors (Lipinski definition) is 4. The van der Waals surface area contributed by atoms with E-state index in [-0.39, 0.29) is 12.5 Å². The van der Waals surface area contributed by atoms with Gasteiger partial charge in [-0.15, -0.1) is 0 Å². The van der Waals surface area contributed by atoms with Gasteiger partial charge in [0.1, 0.15) is 0 Å². The molecule has 5 nitrogen and oxygen atoms in total. The van der Waals surface area contributed by atoms with Gasteiger partial charge in [0.25, 0.3) is 5.91 Å². The number of carbonyl (C=O) groups is 2. The van der Waals surface area contributed by atoms with Crippen LogP contribution in [0.4, 0.5) is 5.69 Å². The van der Waals surface area contributed by atoms with Crippen LogP contribution >= 0.6 is 0 Å². The first kappa shape index (κ1) is 15.7. The highest BCUT2D eigenvalue weighted by Gasteiger charge is 2.11. The maximum atomic E-state index is 11.9. The van der Waals surface area contributed by atoms with E-state index in [1.165, 1.54) is 6.20 Å². The van der Waals surface area contributed by atoms with Crippen LogP contribution in [0.1, 0.15) is 27.2 Å². The van der Waals surface area contributed by atoms with E-state index in [1.807, 2.05) is 39.0 Å². The topological polar surface area (TPSA) is 68.3 Å². The van der Waals surface area contributed by atoms with E-state index in [2.05, 4.69) is 10.3 Å². The number of benzene rings is 1. The van der Waals surface area contributed by atoms with Gasteiger partial charge in [-0.1, -0.05) is 12.1 Å². The Labute approximate surface area is 129 Å². The lowest BCUT2D eigenvalue weighted by Gasteiger charge is -2.09. The predicted octanol–water partition coefficient (Wildman–Crippen LogP) is 2.80. The van der Waals surface area contributed by atoms with Crippen molar-refractivity contribution in [2.24, 2.45) is 0 Å². The third-order valence-electron chi connectivity index (χ3n) is 3.15. The molecule has 0 aliphatic heterocycles. The second-order valence-corrected chi connectivity index (χ2v) is 5.13. The molecule has 114 valence electrons. The van der Waals surface area contributed by atoms with Gasteiger partial charge in [0.15, 0.2) is 6.61 Å². The Morgan fingerprint density at radius 1 is 1.14 bits per heavy atom. The minimum Gasteiger partial charge on any atom is -0.452 e. The van der Waals surface area contributed by atoms with Gasteiger partial charge in [-0.3, -0.25) is 9.78 Å². The summed E-state index contributed by atoms with van der Waals surface area (Å²) in [5, 5.41) is 2.74. The summed E-state index contributed by atoms with van der Waals surface area (Å²) < 4.78 is 4.98. The fraction of sp³-hybridized carbons (Fsp3) is 0.235. The fourth-order valence-corrected chi connectivity index (χ4v) is 1.86. The molecular weight excluding hydrogens is 280 g/mol. The number of esters is 1. The molecule has 1 aromatic heterocycles. The zero-order valence-electron chi connectivity index (χ0n) is 12.8. The summed E-state index contributed by atoms with van der Waals surface area (Å²) in [7, 11) is 0. The molecule has 1 amide bonds. The third-order valence-corrected chi connectivity index (χ3v) is 3.15. The predicted molar refractivity (Wildman–Crippen MR) is 83.8 cm³/mol. The molecule has 0 spiro atoms. The second-order valence-electron chi connectivity index (χ2n) is 5.13. The Balaban J connectivity index is 1.91. The summed E-state index contributed by atoms with van der Waals surface area (Å²) >= 11 is 0. The van der Waals surface area contributed by atoms with Crippen molar-refractivity contribution in [3.8, 4) is 0 Å². The highest BCUT2D eigenvalue weighted by molar-refractivity contribution is 5.95. The molecule has 0 unspecified atom stereocenters. The van der Waals surface area contributed by atoms with Crippen molar-refractivity contribution in [3.05, 3.63) is 58.9 Å². The minimum absolute atomic E-state index is 0.324. The van der Waals surface area contributed by atoms with Crippen LogP contribution < -0.4 is 5.32 Å². The summed E-state index contributed by atoms with van der Waals surface area (Å²) in [4.78, 5) is 27.7. The largest absolute Gasteiger partial charge is 0.452 e. The molecule has 0 aliphatic rings. The lowest BCUT2D eigenvalue weighted by Crippen LogP contribution is -2.21. The number of carbonyl (C=O) groups excluding carboxylic acids is 2. The Morgan fingerprint density at radius 3 is 2.59 bits per heavy atom. The maximum absolute atomic E-state index is 11.9. The van der Waals surface area contributed by atoms with Gasteiger partial charge in [0.2, 0.25) is 0 Å². The molecule has 0 bridgehead atoms. The Hall–Kier alpha value is -2.69. The first-order valence-electron chi connectivity index (χ1n) is 6.92. The molecule has 2 aromatic rings. The minimum atomic E-state index is -0.566. The summed E-state index contributed by atoms with van der Waals surface area (Å²) in [5.74, 6) is -0.939. The highest BCUT2D eigenvalue weighted by Crippen LogP contribution is 2.16. The van der Waals surface area contributed by atoms with Crippen LogP contribution in [-0.4, -0.2) is 23.5 Å². The van der Waals surface area contributed by atoms with Gasteiger partial charge < -0.3 is 10.1 Å². The zero-order valence-corrected chi connectivity index (χ0v) is 12.8. The standard InChI is InChI=1S/C17H18N2O3/c1-11-4-5-12(2)15(8-11)19-16(20)10-22-17(21)14-7-6-13(3)18-9-14/h4-9H,10H2,1-3H3,(H,19,20). The molecule has 2 rings (SSSR count). The molecule has 1 aromatic carbocycles. The maximum Gasteiger partial charge on any atom is 0.340 e. The molecule has 1 N–H and O–H groups in total. The van der Waals surface area contributed by atoms with E-state index >= 15 is 0 Å². The van der Waals surface area contributed by atoms with Gasteiger partial charge in [-0.2, -0.15) is 0 Å². The quantitative estimate of drug-likeness (QED) is 0.881. The number of nitrogens with zero attached hydrogens (tertiary/aromatic N) is 1. The van der Waals surface area contributed by atoms with Crippen molar-refractivity contribution >= 4 is 17.6 Å². The number of amides is 1. The van der Waals surface area contributed by atoms with Crippen molar-refractivity contribution in [2.45, 2.75) is 20.8 Å². The van der Waals surface area contributed by atoms with Crippen molar-refractivity contribution in [1.82, 2.24) is 4.98 Å². The summed E-state index contributed by atoms with van der Waals surface area (Å²) in [6.07, 6.45) is 1.43. The first-order chi connectivity index (χ1) is 10.5. The Morgan fingerprint density at radius 2 is 1.91 bits per heavy atom. The molecule has 5 heteroatoms. The van der Waals surface area contributed by atoms with Crippen LogP contribution in [0.5, 0.6) is 0 Å². The molecule has 0 aliphatic carbocycles. The van der Waals surface area contributed by atoms with Crippen LogP contribution in [0, 0.1) is 20.8 Å². The number of ether oxygens (including phenoxy) is 1. The highest BCUT2D eigenvalue weighted by atomic mass is 16.5. The monoisotopic (exact) mass is 298 g/mol. The smallest absolute Gasteiger partial charge is 0.340 e. The molecule has 1 heterocycles. The number of rotatable bonds is 4. The fourth-order valence-electron chi connectivity index (χ4n) is 1.86. The molecular formula is C17H18N2O3. The molecule has 0 atom stereocenters. The van der Waals surface area contributed by atoms with Crippen molar-refractivity contribution in [1.29, 1.82) is 0 Å². The van der Waals surface area contributed by atoms with Crippen LogP contribution in [0.3, 0.4) is 0 Å². The van der Waals surface area contributed by atoms with E-state index in [1.54, 1.807) is 12.1 Å². The van der Waals surface area contributed by atoms with Gasteiger partial charge in [-0.25, -0.2) is 4.79 Å².